The summed E-state index contributed by atoms with van der Waals surface area (Å²) in [4.78, 5) is 15.0. The minimum absolute atomic E-state index is 0.337. The van der Waals surface area contributed by atoms with Crippen molar-refractivity contribution >= 4 is 25.3 Å². The fourth-order valence-electron chi connectivity index (χ4n) is 3.59. The van der Waals surface area contributed by atoms with Gasteiger partial charge in [-0.2, -0.15) is 0 Å². The summed E-state index contributed by atoms with van der Waals surface area (Å²) in [7, 11) is 0. The Labute approximate surface area is 134 Å². The van der Waals surface area contributed by atoms with Gasteiger partial charge < -0.3 is 0 Å². The maximum atomic E-state index is 12.8. The van der Waals surface area contributed by atoms with Crippen molar-refractivity contribution in [3.8, 4) is 0 Å². The summed E-state index contributed by atoms with van der Waals surface area (Å²) in [5, 5.41) is 1.19. The van der Waals surface area contributed by atoms with Crippen molar-refractivity contribution in [1.82, 2.24) is 4.90 Å². The van der Waals surface area contributed by atoms with E-state index in [1.54, 1.807) is 0 Å². The van der Waals surface area contributed by atoms with Gasteiger partial charge in [-0.15, -0.1) is 0 Å². The van der Waals surface area contributed by atoms with E-state index >= 15 is 0 Å². The Balaban J connectivity index is 1.56. The molecular formula is C18H25NOSe. The third-order valence-electron chi connectivity index (χ3n) is 4.80. The molecule has 1 unspecified atom stereocenters. The van der Waals surface area contributed by atoms with Gasteiger partial charge in [-0.05, 0) is 0 Å². The molecule has 1 saturated heterocycles. The fraction of sp³-hybridized carbons (Fsp3) is 0.611. The van der Waals surface area contributed by atoms with E-state index < -0.39 is 0 Å². The van der Waals surface area contributed by atoms with E-state index in [2.05, 4.69) is 35.2 Å². The molecule has 0 N–H and O–H groups in total. The molecule has 1 aromatic carbocycles. The van der Waals surface area contributed by atoms with Gasteiger partial charge in [0.15, 0.2) is 0 Å². The van der Waals surface area contributed by atoms with Crippen LogP contribution in [-0.2, 0) is 4.79 Å². The zero-order valence-corrected chi connectivity index (χ0v) is 14.4. The number of carbonyl (C=O) groups is 1. The quantitative estimate of drug-likeness (QED) is 0.765. The third-order valence-corrected chi connectivity index (χ3v) is 7.23. The van der Waals surface area contributed by atoms with Gasteiger partial charge in [-0.25, -0.2) is 0 Å². The van der Waals surface area contributed by atoms with Crippen LogP contribution in [-0.4, -0.2) is 38.4 Å². The molecule has 2 nitrogen and oxygen atoms in total. The monoisotopic (exact) mass is 351 g/mol. The van der Waals surface area contributed by atoms with Crippen LogP contribution in [0.25, 0.3) is 0 Å². The SMILES string of the molecule is O=C(C1CCCCC1)N1CCCC1C[Se]c1ccccc1. The van der Waals surface area contributed by atoms with Crippen LogP contribution in [0.1, 0.15) is 44.9 Å². The van der Waals surface area contributed by atoms with Crippen molar-refractivity contribution < 1.29 is 4.79 Å². The van der Waals surface area contributed by atoms with E-state index in [0.717, 1.165) is 19.4 Å². The predicted molar refractivity (Wildman–Crippen MR) is 87.9 cm³/mol. The summed E-state index contributed by atoms with van der Waals surface area (Å²) in [5.41, 5.74) is 0. The number of hydrogen-bond acceptors (Lipinski definition) is 1. The second-order valence-corrected chi connectivity index (χ2v) is 8.58. The molecule has 114 valence electrons. The third kappa shape index (κ3) is 3.90. The zero-order valence-electron chi connectivity index (χ0n) is 12.7. The van der Waals surface area contributed by atoms with Crippen LogP contribution in [0, 0.1) is 5.92 Å². The molecule has 1 amide bonds. The molecule has 2 aliphatic rings. The van der Waals surface area contributed by atoms with Gasteiger partial charge in [0.05, 0.1) is 0 Å². The van der Waals surface area contributed by atoms with Gasteiger partial charge in [-0.1, -0.05) is 0 Å². The fourth-order valence-corrected chi connectivity index (χ4v) is 5.86. The van der Waals surface area contributed by atoms with Crippen LogP contribution in [0.4, 0.5) is 0 Å². The first-order valence-electron chi connectivity index (χ1n) is 8.33. The van der Waals surface area contributed by atoms with Gasteiger partial charge in [0.1, 0.15) is 0 Å². The van der Waals surface area contributed by atoms with Crippen LogP contribution in [0.5, 0.6) is 0 Å². The van der Waals surface area contributed by atoms with E-state index in [0.29, 0.717) is 32.8 Å². The van der Waals surface area contributed by atoms with E-state index in [-0.39, 0.29) is 0 Å². The van der Waals surface area contributed by atoms with Crippen molar-refractivity contribution in [2.45, 2.75) is 56.3 Å². The average molecular weight is 350 g/mol. The zero-order chi connectivity index (χ0) is 14.5. The van der Waals surface area contributed by atoms with Gasteiger partial charge in [0.2, 0.25) is 0 Å². The second-order valence-electron chi connectivity index (χ2n) is 6.29. The van der Waals surface area contributed by atoms with Gasteiger partial charge in [0, 0.05) is 0 Å². The Morgan fingerprint density at radius 1 is 1.05 bits per heavy atom. The molecule has 2 fully saturated rings. The number of likely N-dealkylation sites (tertiary alicyclic amines) is 1. The molecule has 0 radical (unpaired) electrons. The molecule has 1 aromatic rings. The van der Waals surface area contributed by atoms with Crippen LogP contribution < -0.4 is 4.46 Å². The van der Waals surface area contributed by atoms with Gasteiger partial charge in [-0.3, -0.25) is 0 Å². The molecule has 3 heteroatoms. The standard InChI is InChI=1S/C18H25NOSe/c20-18(15-8-3-1-4-9-15)19-13-7-10-16(19)14-21-17-11-5-2-6-12-17/h2,5-6,11-12,15-16H,1,3-4,7-10,13-14H2. The first-order chi connectivity index (χ1) is 10.3. The summed E-state index contributed by atoms with van der Waals surface area (Å²) in [6.45, 7) is 1.00. The summed E-state index contributed by atoms with van der Waals surface area (Å²) >= 11 is 0.501. The molecule has 21 heavy (non-hydrogen) atoms. The number of hydrogen-bond donors (Lipinski definition) is 0. The summed E-state index contributed by atoms with van der Waals surface area (Å²) in [6, 6.07) is 11.3. The Morgan fingerprint density at radius 3 is 2.57 bits per heavy atom. The van der Waals surface area contributed by atoms with Crippen molar-refractivity contribution in [3.05, 3.63) is 30.3 Å². The van der Waals surface area contributed by atoms with Crippen molar-refractivity contribution in [2.24, 2.45) is 5.92 Å². The summed E-state index contributed by atoms with van der Waals surface area (Å²) in [5.74, 6) is 0.810. The summed E-state index contributed by atoms with van der Waals surface area (Å²) in [6.07, 6.45) is 8.51. The summed E-state index contributed by atoms with van der Waals surface area (Å²) < 4.78 is 1.46. The predicted octanol–water partition coefficient (Wildman–Crippen LogP) is 3.01. The molecule has 1 heterocycles. The maximum absolute atomic E-state index is 12.8. The topological polar surface area (TPSA) is 20.3 Å². The van der Waals surface area contributed by atoms with Gasteiger partial charge >= 0.3 is 134 Å². The Kier molecular flexibility index (Phi) is 5.37. The van der Waals surface area contributed by atoms with Crippen molar-refractivity contribution in [1.29, 1.82) is 0 Å². The van der Waals surface area contributed by atoms with Crippen molar-refractivity contribution in [2.75, 3.05) is 6.54 Å². The molecule has 1 aliphatic heterocycles. The molecular weight excluding hydrogens is 325 g/mol. The molecule has 0 bridgehead atoms. The number of rotatable bonds is 4. The Hall–Kier alpha value is -0.791. The minimum atomic E-state index is 0.337. The molecule has 3 rings (SSSR count). The first kappa shape index (κ1) is 15.1. The van der Waals surface area contributed by atoms with Crippen LogP contribution in [0.2, 0.25) is 5.32 Å². The van der Waals surface area contributed by atoms with E-state index in [4.69, 9.17) is 0 Å². The van der Waals surface area contributed by atoms with Crippen molar-refractivity contribution in [3.63, 3.8) is 0 Å². The molecule has 0 aromatic heterocycles. The normalized spacial score (nSPS) is 23.4. The molecule has 1 aliphatic carbocycles. The Bertz CT molecular complexity index is 456. The first-order valence-corrected chi connectivity index (χ1v) is 10.4. The second kappa shape index (κ2) is 7.47. The van der Waals surface area contributed by atoms with Crippen LogP contribution in [0.3, 0.4) is 0 Å². The molecule has 1 saturated carbocycles. The Morgan fingerprint density at radius 2 is 1.81 bits per heavy atom. The van der Waals surface area contributed by atoms with Crippen LogP contribution >= 0.6 is 0 Å². The average Bonchev–Trinajstić information content (AvgIpc) is 3.02. The number of benzene rings is 1. The van der Waals surface area contributed by atoms with E-state index in [1.807, 2.05) is 0 Å². The van der Waals surface area contributed by atoms with E-state index in [9.17, 15) is 4.79 Å². The van der Waals surface area contributed by atoms with Crippen LogP contribution in [0.15, 0.2) is 30.3 Å². The molecule has 1 atom stereocenters. The number of amides is 1. The number of carbonyl (C=O) groups excluding carboxylic acids is 1. The number of nitrogens with zero attached hydrogens (tertiary/aromatic N) is 1. The molecule has 0 spiro atoms. The van der Waals surface area contributed by atoms with E-state index in [1.165, 1.54) is 41.9 Å². The van der Waals surface area contributed by atoms with Gasteiger partial charge in [0.25, 0.3) is 0 Å².